The molecular weight excluding hydrogens is 250 g/mol. The van der Waals surface area contributed by atoms with Crippen molar-refractivity contribution in [1.82, 2.24) is 14.8 Å². The van der Waals surface area contributed by atoms with Crippen LogP contribution < -0.4 is 0 Å². The summed E-state index contributed by atoms with van der Waals surface area (Å²) in [6.45, 7) is 8.93. The Bertz CT molecular complexity index is 377. The standard InChI is InChI=1S/C16H27N3O/c1-14(2)19(11-15-7-3-4-8-17-15)13-16(20)12-18-9-5-6-10-18/h3-4,7-8,14,16,20H,5-6,9-13H2,1-2H3/t16-/m1/s1. The first-order chi connectivity index (χ1) is 9.65. The fourth-order valence-corrected chi connectivity index (χ4v) is 2.75. The molecule has 0 aromatic carbocycles. The molecule has 0 radical (unpaired) electrons. The molecular formula is C16H27N3O. The molecule has 1 aromatic heterocycles. The van der Waals surface area contributed by atoms with Gasteiger partial charge in [-0.05, 0) is 51.9 Å². The molecule has 0 spiro atoms. The van der Waals surface area contributed by atoms with E-state index in [9.17, 15) is 5.11 Å². The Morgan fingerprint density at radius 3 is 2.65 bits per heavy atom. The van der Waals surface area contributed by atoms with Crippen LogP contribution in [0.2, 0.25) is 0 Å². The smallest absolute Gasteiger partial charge is 0.0794 e. The van der Waals surface area contributed by atoms with Gasteiger partial charge in [-0.15, -0.1) is 0 Å². The molecule has 4 nitrogen and oxygen atoms in total. The van der Waals surface area contributed by atoms with E-state index in [2.05, 4.69) is 28.6 Å². The van der Waals surface area contributed by atoms with Gasteiger partial charge in [-0.2, -0.15) is 0 Å². The second-order valence-electron chi connectivity index (χ2n) is 6.01. The number of β-amino-alcohol motifs (C(OH)–C–C–N with tert-alkyl or cyclic N) is 1. The van der Waals surface area contributed by atoms with E-state index in [4.69, 9.17) is 0 Å². The number of hydrogen-bond acceptors (Lipinski definition) is 4. The SMILES string of the molecule is CC(C)N(Cc1ccccn1)C[C@H](O)CN1CCCC1. The second kappa shape index (κ2) is 7.72. The van der Waals surface area contributed by atoms with E-state index in [0.29, 0.717) is 12.6 Å². The van der Waals surface area contributed by atoms with Gasteiger partial charge in [-0.3, -0.25) is 9.88 Å². The minimum atomic E-state index is -0.279. The Kier molecular flexibility index (Phi) is 5.95. The van der Waals surface area contributed by atoms with Gasteiger partial charge in [0.05, 0.1) is 11.8 Å². The number of pyridine rings is 1. The van der Waals surface area contributed by atoms with Gasteiger partial charge < -0.3 is 10.0 Å². The molecule has 112 valence electrons. The van der Waals surface area contributed by atoms with Crippen LogP contribution in [0.15, 0.2) is 24.4 Å². The molecule has 20 heavy (non-hydrogen) atoms. The maximum atomic E-state index is 10.3. The molecule has 1 atom stereocenters. The maximum Gasteiger partial charge on any atom is 0.0794 e. The largest absolute Gasteiger partial charge is 0.390 e. The van der Waals surface area contributed by atoms with E-state index in [1.807, 2.05) is 24.4 Å². The van der Waals surface area contributed by atoms with Gasteiger partial charge in [0.25, 0.3) is 0 Å². The topological polar surface area (TPSA) is 39.6 Å². The van der Waals surface area contributed by atoms with Crippen molar-refractivity contribution in [1.29, 1.82) is 0 Å². The lowest BCUT2D eigenvalue weighted by Gasteiger charge is -2.30. The summed E-state index contributed by atoms with van der Waals surface area (Å²) in [7, 11) is 0. The molecule has 0 saturated carbocycles. The van der Waals surface area contributed by atoms with Crippen molar-refractivity contribution in [3.05, 3.63) is 30.1 Å². The van der Waals surface area contributed by atoms with Crippen molar-refractivity contribution in [2.45, 2.75) is 45.4 Å². The Morgan fingerprint density at radius 2 is 2.05 bits per heavy atom. The third-order valence-electron chi connectivity index (χ3n) is 3.93. The molecule has 0 bridgehead atoms. The zero-order valence-electron chi connectivity index (χ0n) is 12.7. The van der Waals surface area contributed by atoms with Gasteiger partial charge in [0.2, 0.25) is 0 Å². The monoisotopic (exact) mass is 277 g/mol. The molecule has 2 rings (SSSR count). The highest BCUT2D eigenvalue weighted by Gasteiger charge is 2.19. The summed E-state index contributed by atoms with van der Waals surface area (Å²) in [4.78, 5) is 9.04. The minimum absolute atomic E-state index is 0.279. The number of rotatable bonds is 7. The first kappa shape index (κ1) is 15.4. The van der Waals surface area contributed by atoms with Crippen LogP contribution >= 0.6 is 0 Å². The fraction of sp³-hybridized carbons (Fsp3) is 0.688. The molecule has 1 fully saturated rings. The third-order valence-corrected chi connectivity index (χ3v) is 3.93. The van der Waals surface area contributed by atoms with Gasteiger partial charge in [0.15, 0.2) is 0 Å². The number of hydrogen-bond donors (Lipinski definition) is 1. The lowest BCUT2D eigenvalue weighted by Crippen LogP contribution is -2.42. The summed E-state index contributed by atoms with van der Waals surface area (Å²) in [6, 6.07) is 6.40. The van der Waals surface area contributed by atoms with Crippen molar-refractivity contribution in [3.8, 4) is 0 Å². The highest BCUT2D eigenvalue weighted by molar-refractivity contribution is 5.03. The number of likely N-dealkylation sites (tertiary alicyclic amines) is 1. The first-order valence-electron chi connectivity index (χ1n) is 7.69. The molecule has 0 unspecified atom stereocenters. The lowest BCUT2D eigenvalue weighted by atomic mass is 10.2. The van der Waals surface area contributed by atoms with Gasteiger partial charge in [0, 0.05) is 31.9 Å². The van der Waals surface area contributed by atoms with Crippen molar-refractivity contribution in [2.75, 3.05) is 26.2 Å². The number of aliphatic hydroxyl groups is 1. The van der Waals surface area contributed by atoms with E-state index in [-0.39, 0.29) is 6.10 Å². The van der Waals surface area contributed by atoms with Crippen molar-refractivity contribution < 1.29 is 5.11 Å². The summed E-state index contributed by atoms with van der Waals surface area (Å²) < 4.78 is 0. The molecule has 1 N–H and O–H groups in total. The van der Waals surface area contributed by atoms with Gasteiger partial charge in [-0.1, -0.05) is 6.07 Å². The predicted octanol–water partition coefficient (Wildman–Crippen LogP) is 1.75. The zero-order chi connectivity index (χ0) is 14.4. The van der Waals surface area contributed by atoms with Crippen LogP contribution in [0.1, 0.15) is 32.4 Å². The number of nitrogens with zero attached hydrogens (tertiary/aromatic N) is 3. The van der Waals surface area contributed by atoms with Gasteiger partial charge >= 0.3 is 0 Å². The summed E-state index contributed by atoms with van der Waals surface area (Å²) in [5.74, 6) is 0. The molecule has 1 aromatic rings. The van der Waals surface area contributed by atoms with Gasteiger partial charge in [0.1, 0.15) is 0 Å². The number of aromatic nitrogens is 1. The molecule has 0 amide bonds. The molecule has 1 aliphatic heterocycles. The average Bonchev–Trinajstić information content (AvgIpc) is 2.92. The summed E-state index contributed by atoms with van der Waals surface area (Å²) in [6.07, 6.45) is 4.09. The second-order valence-corrected chi connectivity index (χ2v) is 6.01. The van der Waals surface area contributed by atoms with Gasteiger partial charge in [-0.25, -0.2) is 0 Å². The minimum Gasteiger partial charge on any atom is -0.390 e. The van der Waals surface area contributed by atoms with Crippen LogP contribution in [0.5, 0.6) is 0 Å². The van der Waals surface area contributed by atoms with E-state index < -0.39 is 0 Å². The Balaban J connectivity index is 1.85. The molecule has 4 heteroatoms. The van der Waals surface area contributed by atoms with Crippen LogP contribution in [-0.2, 0) is 6.54 Å². The normalized spacial score (nSPS) is 18.1. The summed E-state index contributed by atoms with van der Waals surface area (Å²) in [5.41, 5.74) is 1.06. The van der Waals surface area contributed by atoms with Crippen molar-refractivity contribution in [3.63, 3.8) is 0 Å². The van der Waals surface area contributed by atoms with E-state index >= 15 is 0 Å². The highest BCUT2D eigenvalue weighted by Crippen LogP contribution is 2.11. The van der Waals surface area contributed by atoms with Crippen molar-refractivity contribution >= 4 is 0 Å². The molecule has 0 aliphatic carbocycles. The maximum absolute atomic E-state index is 10.3. The molecule has 1 aliphatic rings. The average molecular weight is 277 g/mol. The van der Waals surface area contributed by atoms with E-state index in [1.165, 1.54) is 12.8 Å². The van der Waals surface area contributed by atoms with E-state index in [0.717, 1.165) is 31.9 Å². The molecule has 2 heterocycles. The van der Waals surface area contributed by atoms with Crippen LogP contribution in [0.3, 0.4) is 0 Å². The molecule has 1 saturated heterocycles. The van der Waals surface area contributed by atoms with Crippen molar-refractivity contribution in [2.24, 2.45) is 0 Å². The third kappa shape index (κ3) is 4.85. The Morgan fingerprint density at radius 1 is 1.30 bits per heavy atom. The quantitative estimate of drug-likeness (QED) is 0.824. The van der Waals surface area contributed by atoms with Crippen LogP contribution in [0, 0.1) is 0 Å². The fourth-order valence-electron chi connectivity index (χ4n) is 2.75. The Labute approximate surface area is 122 Å². The van der Waals surface area contributed by atoms with Crippen LogP contribution in [0.4, 0.5) is 0 Å². The summed E-state index contributed by atoms with van der Waals surface area (Å²) >= 11 is 0. The first-order valence-corrected chi connectivity index (χ1v) is 7.69. The highest BCUT2D eigenvalue weighted by atomic mass is 16.3. The van der Waals surface area contributed by atoms with E-state index in [1.54, 1.807) is 0 Å². The van der Waals surface area contributed by atoms with Crippen LogP contribution in [-0.4, -0.2) is 58.2 Å². The predicted molar refractivity (Wildman–Crippen MR) is 81.5 cm³/mol. The number of aliphatic hydroxyl groups excluding tert-OH is 1. The summed E-state index contributed by atoms with van der Waals surface area (Å²) in [5, 5.41) is 10.3. The van der Waals surface area contributed by atoms with Crippen LogP contribution in [0.25, 0.3) is 0 Å². The lowest BCUT2D eigenvalue weighted by molar-refractivity contribution is 0.0651. The zero-order valence-corrected chi connectivity index (χ0v) is 12.7. The Hall–Kier alpha value is -0.970.